The fourth-order valence-corrected chi connectivity index (χ4v) is 0.883. The summed E-state index contributed by atoms with van der Waals surface area (Å²) in [6.45, 7) is 0. The van der Waals surface area contributed by atoms with Gasteiger partial charge in [0.1, 0.15) is 0 Å². The number of carbonyl (C=O) groups excluding carboxylic acids is 1. The van der Waals surface area contributed by atoms with Gasteiger partial charge in [-0.05, 0) is 6.07 Å². The lowest BCUT2D eigenvalue weighted by Gasteiger charge is -2.04. The van der Waals surface area contributed by atoms with E-state index in [9.17, 15) is 18.4 Å². The van der Waals surface area contributed by atoms with E-state index in [2.05, 4.69) is 0 Å². The number of halogens is 2. The zero-order valence-corrected chi connectivity index (χ0v) is 6.75. The smallest absolute Gasteiger partial charge is 0.409 e. The lowest BCUT2D eigenvalue weighted by molar-refractivity contribution is 0.112. The Morgan fingerprint density at radius 1 is 1.36 bits per heavy atom. The van der Waals surface area contributed by atoms with Gasteiger partial charge in [-0.25, -0.2) is 13.6 Å². The molecule has 0 aromatic heterocycles. The minimum Gasteiger partial charge on any atom is -0.465 e. The van der Waals surface area contributed by atoms with Gasteiger partial charge in [0, 0.05) is 11.6 Å². The summed E-state index contributed by atoms with van der Waals surface area (Å²) in [5.74, 6) is -2.43. The molecule has 0 aliphatic carbocycles. The second kappa shape index (κ2) is 3.82. The minimum atomic E-state index is -1.46. The van der Waals surface area contributed by atoms with Crippen LogP contribution in [0.3, 0.4) is 0 Å². The van der Waals surface area contributed by atoms with Crippen molar-refractivity contribution in [2.24, 2.45) is 0 Å². The predicted molar refractivity (Wildman–Crippen MR) is 43.4 cm³/mol. The van der Waals surface area contributed by atoms with Crippen LogP contribution in [0.4, 0.5) is 19.3 Å². The molecule has 0 aliphatic rings. The van der Waals surface area contributed by atoms with Crippen molar-refractivity contribution in [3.63, 3.8) is 0 Å². The standard InChI is InChI=1S/C8H5F2NO3/c9-5-1-4(3-12)7(2-6(5)10)11-8(13)14/h1-3,11H,(H,13,14). The van der Waals surface area contributed by atoms with Crippen molar-refractivity contribution in [3.05, 3.63) is 29.3 Å². The highest BCUT2D eigenvalue weighted by Gasteiger charge is 2.10. The van der Waals surface area contributed by atoms with Crippen LogP contribution in [0.25, 0.3) is 0 Å². The van der Waals surface area contributed by atoms with Gasteiger partial charge in [0.05, 0.1) is 5.69 Å². The fraction of sp³-hybridized carbons (Fsp3) is 0. The van der Waals surface area contributed by atoms with Crippen molar-refractivity contribution in [1.29, 1.82) is 0 Å². The highest BCUT2D eigenvalue weighted by molar-refractivity contribution is 5.92. The maximum absolute atomic E-state index is 12.6. The van der Waals surface area contributed by atoms with Crippen molar-refractivity contribution >= 4 is 18.1 Å². The van der Waals surface area contributed by atoms with E-state index < -0.39 is 17.7 Å². The van der Waals surface area contributed by atoms with Crippen LogP contribution in [0, 0.1) is 11.6 Å². The van der Waals surface area contributed by atoms with Gasteiger partial charge in [-0.2, -0.15) is 0 Å². The number of rotatable bonds is 2. The van der Waals surface area contributed by atoms with Gasteiger partial charge in [-0.15, -0.1) is 0 Å². The first-order valence-corrected chi connectivity index (χ1v) is 3.48. The van der Waals surface area contributed by atoms with E-state index in [0.717, 1.165) is 0 Å². The van der Waals surface area contributed by atoms with E-state index in [1.807, 2.05) is 0 Å². The molecular formula is C8H5F2NO3. The molecule has 1 aromatic carbocycles. The molecule has 0 heterocycles. The van der Waals surface area contributed by atoms with Crippen molar-refractivity contribution < 1.29 is 23.5 Å². The Morgan fingerprint density at radius 3 is 2.43 bits per heavy atom. The van der Waals surface area contributed by atoms with E-state index in [1.165, 1.54) is 0 Å². The second-order valence-electron chi connectivity index (χ2n) is 2.40. The molecule has 1 amide bonds. The van der Waals surface area contributed by atoms with Gasteiger partial charge in [-0.3, -0.25) is 10.1 Å². The van der Waals surface area contributed by atoms with Crippen LogP contribution >= 0.6 is 0 Å². The van der Waals surface area contributed by atoms with Gasteiger partial charge in [0.25, 0.3) is 0 Å². The van der Waals surface area contributed by atoms with E-state index in [4.69, 9.17) is 5.11 Å². The number of carbonyl (C=O) groups is 2. The first-order chi connectivity index (χ1) is 6.54. The Labute approximate surface area is 77.2 Å². The molecule has 0 bridgehead atoms. The van der Waals surface area contributed by atoms with E-state index in [-0.39, 0.29) is 17.5 Å². The van der Waals surface area contributed by atoms with Crippen LogP contribution in [0.2, 0.25) is 0 Å². The van der Waals surface area contributed by atoms with E-state index in [1.54, 1.807) is 5.32 Å². The molecule has 1 aromatic rings. The number of hydrogen-bond acceptors (Lipinski definition) is 2. The number of hydrogen-bond donors (Lipinski definition) is 2. The predicted octanol–water partition coefficient (Wildman–Crippen LogP) is 1.87. The highest BCUT2D eigenvalue weighted by atomic mass is 19.2. The molecule has 0 fully saturated rings. The van der Waals surface area contributed by atoms with Gasteiger partial charge >= 0.3 is 6.09 Å². The number of aldehydes is 1. The summed E-state index contributed by atoms with van der Waals surface area (Å²) in [5, 5.41) is 10.1. The minimum absolute atomic E-state index is 0.230. The van der Waals surface area contributed by atoms with Crippen molar-refractivity contribution in [2.45, 2.75) is 0 Å². The molecule has 0 radical (unpaired) electrons. The Bertz CT molecular complexity index is 392. The fourth-order valence-electron chi connectivity index (χ4n) is 0.883. The normalized spacial score (nSPS) is 9.57. The van der Waals surface area contributed by atoms with Crippen molar-refractivity contribution in [2.75, 3.05) is 5.32 Å². The third-order valence-electron chi connectivity index (χ3n) is 1.46. The summed E-state index contributed by atoms with van der Waals surface area (Å²) in [6, 6.07) is 1.22. The quantitative estimate of drug-likeness (QED) is 0.717. The third kappa shape index (κ3) is 2.03. The summed E-state index contributed by atoms with van der Waals surface area (Å²) in [4.78, 5) is 20.5. The maximum atomic E-state index is 12.6. The lowest BCUT2D eigenvalue weighted by Crippen LogP contribution is -2.10. The first-order valence-electron chi connectivity index (χ1n) is 3.48. The molecule has 0 unspecified atom stereocenters. The number of anilines is 1. The maximum Gasteiger partial charge on any atom is 0.409 e. The third-order valence-corrected chi connectivity index (χ3v) is 1.46. The van der Waals surface area contributed by atoms with Crippen LogP contribution in [-0.4, -0.2) is 17.5 Å². The molecule has 6 heteroatoms. The molecule has 14 heavy (non-hydrogen) atoms. The monoisotopic (exact) mass is 201 g/mol. The van der Waals surface area contributed by atoms with Gasteiger partial charge in [0.2, 0.25) is 0 Å². The van der Waals surface area contributed by atoms with Gasteiger partial charge < -0.3 is 5.11 Å². The summed E-state index contributed by atoms with van der Waals surface area (Å²) in [5.41, 5.74) is -0.544. The largest absolute Gasteiger partial charge is 0.465 e. The molecule has 4 nitrogen and oxygen atoms in total. The molecule has 74 valence electrons. The average Bonchev–Trinajstić information content (AvgIpc) is 2.10. The Morgan fingerprint density at radius 2 is 1.93 bits per heavy atom. The Hall–Kier alpha value is -1.98. The van der Waals surface area contributed by atoms with Crippen LogP contribution in [0.5, 0.6) is 0 Å². The Balaban J connectivity index is 3.19. The number of carboxylic acid groups (broad SMARTS) is 1. The summed E-state index contributed by atoms with van der Waals surface area (Å²) >= 11 is 0. The molecule has 1 rings (SSSR count). The highest BCUT2D eigenvalue weighted by Crippen LogP contribution is 2.18. The van der Waals surface area contributed by atoms with E-state index >= 15 is 0 Å². The summed E-state index contributed by atoms with van der Waals surface area (Å²) in [6.07, 6.45) is -1.23. The molecule has 0 atom stereocenters. The van der Waals surface area contributed by atoms with Gasteiger partial charge in [0.15, 0.2) is 17.9 Å². The number of amides is 1. The Kier molecular flexibility index (Phi) is 2.76. The van der Waals surface area contributed by atoms with Crippen LogP contribution < -0.4 is 5.32 Å². The zero-order valence-electron chi connectivity index (χ0n) is 6.75. The molecule has 0 spiro atoms. The lowest BCUT2D eigenvalue weighted by atomic mass is 10.2. The summed E-state index contributed by atoms with van der Waals surface area (Å²) < 4.78 is 25.2. The van der Waals surface area contributed by atoms with Gasteiger partial charge in [-0.1, -0.05) is 0 Å². The number of benzene rings is 1. The second-order valence-corrected chi connectivity index (χ2v) is 2.40. The zero-order chi connectivity index (χ0) is 10.7. The average molecular weight is 201 g/mol. The SMILES string of the molecule is O=Cc1cc(F)c(F)cc1NC(=O)O. The van der Waals surface area contributed by atoms with Crippen molar-refractivity contribution in [3.8, 4) is 0 Å². The van der Waals surface area contributed by atoms with E-state index in [0.29, 0.717) is 12.1 Å². The molecule has 0 saturated carbocycles. The topological polar surface area (TPSA) is 66.4 Å². The number of nitrogens with one attached hydrogen (secondary N) is 1. The molecule has 0 saturated heterocycles. The van der Waals surface area contributed by atoms with Crippen LogP contribution in [-0.2, 0) is 0 Å². The molecular weight excluding hydrogens is 196 g/mol. The summed E-state index contributed by atoms with van der Waals surface area (Å²) in [7, 11) is 0. The van der Waals surface area contributed by atoms with Crippen molar-refractivity contribution in [1.82, 2.24) is 0 Å². The first kappa shape index (κ1) is 10.1. The van der Waals surface area contributed by atoms with Crippen LogP contribution in [0.1, 0.15) is 10.4 Å². The molecule has 2 N–H and O–H groups in total. The van der Waals surface area contributed by atoms with Crippen LogP contribution in [0.15, 0.2) is 12.1 Å². The molecule has 0 aliphatic heterocycles.